The van der Waals surface area contributed by atoms with Crippen LogP contribution in [0.1, 0.15) is 29.8 Å². The molecule has 0 saturated heterocycles. The Labute approximate surface area is 76.7 Å². The summed E-state index contributed by atoms with van der Waals surface area (Å²) in [5.41, 5.74) is 1.71. The molecule has 0 bridgehead atoms. The van der Waals surface area contributed by atoms with E-state index in [-0.39, 0.29) is 5.78 Å². The summed E-state index contributed by atoms with van der Waals surface area (Å²) >= 11 is 0. The maximum Gasteiger partial charge on any atom is 0.160 e. The zero-order valence-corrected chi connectivity index (χ0v) is 7.70. The first-order valence-corrected chi connectivity index (χ1v) is 4.16. The number of hydrogen-bond acceptors (Lipinski definition) is 3. The molecule has 0 radical (unpaired) electrons. The third kappa shape index (κ3) is 1.80. The molecule has 68 valence electrons. The van der Waals surface area contributed by atoms with Crippen molar-refractivity contribution in [2.24, 2.45) is 5.18 Å². The first-order valence-electron chi connectivity index (χ1n) is 4.16. The van der Waals surface area contributed by atoms with Crippen molar-refractivity contribution in [2.75, 3.05) is 0 Å². The molecule has 3 heteroatoms. The van der Waals surface area contributed by atoms with Crippen LogP contribution in [0.2, 0.25) is 0 Å². The predicted molar refractivity (Wildman–Crippen MR) is 51.3 cm³/mol. The van der Waals surface area contributed by atoms with Gasteiger partial charge in [-0.25, -0.2) is 0 Å². The van der Waals surface area contributed by atoms with Crippen molar-refractivity contribution in [1.29, 1.82) is 0 Å². The van der Waals surface area contributed by atoms with E-state index in [0.29, 0.717) is 17.7 Å². The minimum absolute atomic E-state index is 0.0256. The van der Waals surface area contributed by atoms with Gasteiger partial charge < -0.3 is 0 Å². The van der Waals surface area contributed by atoms with E-state index in [1.807, 2.05) is 6.92 Å². The number of hydrogen-bond donors (Lipinski definition) is 0. The predicted octanol–water partition coefficient (Wildman–Crippen LogP) is 2.85. The Morgan fingerprint density at radius 1 is 1.46 bits per heavy atom. The van der Waals surface area contributed by atoms with Gasteiger partial charge in [0, 0.05) is 5.56 Å². The molecule has 13 heavy (non-hydrogen) atoms. The van der Waals surface area contributed by atoms with Crippen molar-refractivity contribution in [1.82, 2.24) is 0 Å². The quantitative estimate of drug-likeness (QED) is 0.526. The van der Waals surface area contributed by atoms with Gasteiger partial charge in [-0.15, -0.1) is 4.91 Å². The van der Waals surface area contributed by atoms with Crippen molar-refractivity contribution in [3.63, 3.8) is 0 Å². The lowest BCUT2D eigenvalue weighted by Gasteiger charge is -2.04. The van der Waals surface area contributed by atoms with E-state index in [1.54, 1.807) is 18.2 Å². The summed E-state index contributed by atoms with van der Waals surface area (Å²) in [7, 11) is 0. The Morgan fingerprint density at radius 2 is 2.15 bits per heavy atom. The number of ketones is 1. The van der Waals surface area contributed by atoms with Crippen LogP contribution in [0, 0.1) is 4.91 Å². The minimum Gasteiger partial charge on any atom is -0.294 e. The highest BCUT2D eigenvalue weighted by Crippen LogP contribution is 2.23. The fourth-order valence-electron chi connectivity index (χ4n) is 1.36. The van der Waals surface area contributed by atoms with Gasteiger partial charge in [-0.2, -0.15) is 0 Å². The average molecular weight is 177 g/mol. The second-order valence-electron chi connectivity index (χ2n) is 2.80. The number of rotatable bonds is 3. The molecule has 0 atom stereocenters. The Morgan fingerprint density at radius 3 is 2.62 bits per heavy atom. The van der Waals surface area contributed by atoms with Gasteiger partial charge in [-0.1, -0.05) is 19.1 Å². The van der Waals surface area contributed by atoms with Crippen molar-refractivity contribution in [2.45, 2.75) is 20.3 Å². The van der Waals surface area contributed by atoms with Crippen molar-refractivity contribution < 1.29 is 4.79 Å². The molecular formula is C10H11NO2. The highest BCUT2D eigenvalue weighted by Gasteiger charge is 2.09. The summed E-state index contributed by atoms with van der Waals surface area (Å²) in [6.45, 7) is 3.39. The van der Waals surface area contributed by atoms with Crippen LogP contribution in [-0.4, -0.2) is 5.78 Å². The second kappa shape index (κ2) is 3.94. The molecule has 0 amide bonds. The molecule has 0 fully saturated rings. The molecule has 0 saturated carbocycles. The van der Waals surface area contributed by atoms with Gasteiger partial charge in [-0.3, -0.25) is 4.79 Å². The van der Waals surface area contributed by atoms with Gasteiger partial charge in [0.25, 0.3) is 0 Å². The minimum atomic E-state index is -0.0256. The third-order valence-electron chi connectivity index (χ3n) is 1.98. The van der Waals surface area contributed by atoms with Crippen LogP contribution < -0.4 is 0 Å². The van der Waals surface area contributed by atoms with Crippen LogP contribution >= 0.6 is 0 Å². The first-order chi connectivity index (χ1) is 6.20. The monoisotopic (exact) mass is 177 g/mol. The summed E-state index contributed by atoms with van der Waals surface area (Å²) in [5.74, 6) is -0.0256. The standard InChI is InChI=1S/C10H11NO2/c1-3-8-9(7(2)12)5-4-6-10(8)11-13/h4-6H,3H2,1-2H3. The number of benzene rings is 1. The Kier molecular flexibility index (Phi) is 2.90. The second-order valence-corrected chi connectivity index (χ2v) is 2.80. The third-order valence-corrected chi connectivity index (χ3v) is 1.98. The van der Waals surface area contributed by atoms with Crippen LogP contribution in [0.4, 0.5) is 5.69 Å². The van der Waals surface area contributed by atoms with E-state index in [0.717, 1.165) is 5.56 Å². The normalized spacial score (nSPS) is 9.69. The fraction of sp³-hybridized carbons (Fsp3) is 0.300. The molecular weight excluding hydrogens is 166 g/mol. The van der Waals surface area contributed by atoms with Gasteiger partial charge in [0.05, 0.1) is 0 Å². The van der Waals surface area contributed by atoms with E-state index >= 15 is 0 Å². The molecule has 1 aromatic carbocycles. The summed E-state index contributed by atoms with van der Waals surface area (Å²) in [6.07, 6.45) is 0.650. The lowest BCUT2D eigenvalue weighted by atomic mass is 10.0. The van der Waals surface area contributed by atoms with E-state index < -0.39 is 0 Å². The maximum absolute atomic E-state index is 11.1. The van der Waals surface area contributed by atoms with Crippen LogP contribution in [0.3, 0.4) is 0 Å². The molecule has 0 spiro atoms. The molecule has 1 rings (SSSR count). The molecule has 0 heterocycles. The highest BCUT2D eigenvalue weighted by atomic mass is 16.3. The highest BCUT2D eigenvalue weighted by molar-refractivity contribution is 5.96. The van der Waals surface area contributed by atoms with Crippen molar-refractivity contribution in [3.05, 3.63) is 34.2 Å². The summed E-state index contributed by atoms with van der Waals surface area (Å²) in [5, 5.41) is 2.88. The summed E-state index contributed by atoms with van der Waals surface area (Å²) in [4.78, 5) is 21.5. The van der Waals surface area contributed by atoms with E-state index in [2.05, 4.69) is 5.18 Å². The SMILES string of the molecule is CCc1c(N=O)cccc1C(C)=O. The average Bonchev–Trinajstić information content (AvgIpc) is 2.16. The zero-order valence-electron chi connectivity index (χ0n) is 7.70. The van der Waals surface area contributed by atoms with Crippen molar-refractivity contribution >= 4 is 11.5 Å². The number of carbonyl (C=O) groups is 1. The number of nitrogens with zero attached hydrogens (tertiary/aromatic N) is 1. The topological polar surface area (TPSA) is 46.5 Å². The fourth-order valence-corrected chi connectivity index (χ4v) is 1.36. The molecule has 1 aromatic rings. The Balaban J connectivity index is 3.35. The number of carbonyl (C=O) groups excluding carboxylic acids is 1. The summed E-state index contributed by atoms with van der Waals surface area (Å²) in [6, 6.07) is 5.01. The summed E-state index contributed by atoms with van der Waals surface area (Å²) < 4.78 is 0. The molecule has 0 unspecified atom stereocenters. The smallest absolute Gasteiger partial charge is 0.160 e. The van der Waals surface area contributed by atoms with Gasteiger partial charge in [0.2, 0.25) is 0 Å². The first kappa shape index (κ1) is 9.58. The number of Topliss-reactive ketones (excluding diaryl/α,β-unsaturated/α-hetero) is 1. The van der Waals surface area contributed by atoms with Crippen LogP contribution in [-0.2, 0) is 6.42 Å². The molecule has 0 aliphatic carbocycles. The van der Waals surface area contributed by atoms with E-state index in [4.69, 9.17) is 0 Å². The van der Waals surface area contributed by atoms with Gasteiger partial charge >= 0.3 is 0 Å². The van der Waals surface area contributed by atoms with Crippen molar-refractivity contribution in [3.8, 4) is 0 Å². The lowest BCUT2D eigenvalue weighted by molar-refractivity contribution is 0.101. The van der Waals surface area contributed by atoms with Gasteiger partial charge in [0.15, 0.2) is 5.78 Å². The van der Waals surface area contributed by atoms with Crippen LogP contribution in [0.15, 0.2) is 23.4 Å². The van der Waals surface area contributed by atoms with Gasteiger partial charge in [0.1, 0.15) is 5.69 Å². The molecule has 3 nitrogen and oxygen atoms in total. The molecule has 0 aliphatic heterocycles. The maximum atomic E-state index is 11.1. The lowest BCUT2D eigenvalue weighted by Crippen LogP contribution is -1.98. The Bertz CT molecular complexity index is 345. The molecule has 0 aliphatic rings. The van der Waals surface area contributed by atoms with E-state index in [1.165, 1.54) is 6.92 Å². The molecule has 0 N–H and O–H groups in total. The molecule has 0 aromatic heterocycles. The van der Waals surface area contributed by atoms with Crippen LogP contribution in [0.5, 0.6) is 0 Å². The zero-order chi connectivity index (χ0) is 9.84. The van der Waals surface area contributed by atoms with Gasteiger partial charge in [-0.05, 0) is 30.2 Å². The number of nitroso groups, excluding NO2 is 1. The largest absolute Gasteiger partial charge is 0.294 e. The Hall–Kier alpha value is -1.51. The van der Waals surface area contributed by atoms with Crippen LogP contribution in [0.25, 0.3) is 0 Å². The van der Waals surface area contributed by atoms with E-state index in [9.17, 15) is 9.70 Å².